The van der Waals surface area contributed by atoms with Crippen LogP contribution < -0.4 is 9.64 Å². The number of oxazole rings is 1. The van der Waals surface area contributed by atoms with Crippen LogP contribution in [0.1, 0.15) is 18.1 Å². The van der Waals surface area contributed by atoms with Gasteiger partial charge in [-0.2, -0.15) is 4.98 Å². The molecule has 0 aliphatic heterocycles. The van der Waals surface area contributed by atoms with Crippen molar-refractivity contribution in [2.75, 3.05) is 4.90 Å². The van der Waals surface area contributed by atoms with Crippen molar-refractivity contribution < 1.29 is 23.4 Å². The molecule has 1 atom stereocenters. The van der Waals surface area contributed by atoms with Crippen molar-refractivity contribution in [2.24, 2.45) is 0 Å². The normalized spacial score (nSPS) is 11.9. The van der Waals surface area contributed by atoms with Crippen LogP contribution in [0.3, 0.4) is 0 Å². The van der Waals surface area contributed by atoms with Gasteiger partial charge in [0, 0.05) is 13.1 Å². The number of carboxylic acid groups (broad SMARTS) is 1. The van der Waals surface area contributed by atoms with Crippen LogP contribution in [0.2, 0.25) is 0 Å². The summed E-state index contributed by atoms with van der Waals surface area (Å²) in [5.74, 6) is -0.865. The van der Waals surface area contributed by atoms with Gasteiger partial charge in [0.05, 0.1) is 0 Å². The quantitative estimate of drug-likeness (QED) is 0.431. The topological polar surface area (TPSA) is 75.8 Å². The van der Waals surface area contributed by atoms with E-state index in [4.69, 9.17) is 14.3 Å². The standard InChI is InChI=1S/C24H21FN2O4/c1-16(23(28)29)30-20-6-4-5-18(13-20)15-27(14-17-9-11-19(25)12-10-17)24-26-21-7-2-3-8-22(21)31-24/h2-13,16H,14-15H2,1H3,(H,28,29). The minimum Gasteiger partial charge on any atom is -0.479 e. The molecular weight excluding hydrogens is 399 g/mol. The zero-order valence-corrected chi connectivity index (χ0v) is 16.9. The molecule has 1 N–H and O–H groups in total. The van der Waals surface area contributed by atoms with E-state index in [2.05, 4.69) is 4.98 Å². The first-order chi connectivity index (χ1) is 15.0. The van der Waals surface area contributed by atoms with Crippen molar-refractivity contribution in [1.29, 1.82) is 0 Å². The molecule has 0 aliphatic carbocycles. The van der Waals surface area contributed by atoms with Crippen molar-refractivity contribution >= 4 is 23.1 Å². The van der Waals surface area contributed by atoms with Crippen LogP contribution >= 0.6 is 0 Å². The summed E-state index contributed by atoms with van der Waals surface area (Å²) in [6.45, 7) is 2.36. The van der Waals surface area contributed by atoms with Gasteiger partial charge < -0.3 is 19.2 Å². The fourth-order valence-electron chi connectivity index (χ4n) is 3.19. The summed E-state index contributed by atoms with van der Waals surface area (Å²) in [5, 5.41) is 9.08. The third kappa shape index (κ3) is 5.01. The van der Waals surface area contributed by atoms with Gasteiger partial charge in [-0.3, -0.25) is 0 Å². The molecule has 31 heavy (non-hydrogen) atoms. The molecule has 1 unspecified atom stereocenters. The molecule has 1 aromatic heterocycles. The third-order valence-electron chi connectivity index (χ3n) is 4.77. The molecular formula is C24H21FN2O4. The van der Waals surface area contributed by atoms with Crippen LogP contribution in [0.15, 0.2) is 77.2 Å². The Kier molecular flexibility index (Phi) is 5.84. The maximum Gasteiger partial charge on any atom is 0.344 e. The molecule has 4 aromatic rings. The molecule has 4 rings (SSSR count). The second kappa shape index (κ2) is 8.87. The Balaban J connectivity index is 1.62. The van der Waals surface area contributed by atoms with Gasteiger partial charge in [0.2, 0.25) is 0 Å². The molecule has 0 fully saturated rings. The minimum atomic E-state index is -1.03. The number of aliphatic carboxylic acids is 1. The predicted octanol–water partition coefficient (Wildman–Crippen LogP) is 5.03. The average molecular weight is 420 g/mol. The number of rotatable bonds is 8. The number of halogens is 1. The highest BCUT2D eigenvalue weighted by Gasteiger charge is 2.17. The summed E-state index contributed by atoms with van der Waals surface area (Å²) in [6, 6.07) is 21.4. The summed E-state index contributed by atoms with van der Waals surface area (Å²) < 4.78 is 24.8. The van der Waals surface area contributed by atoms with Crippen LogP contribution in [-0.2, 0) is 17.9 Å². The van der Waals surface area contributed by atoms with Crippen molar-refractivity contribution in [1.82, 2.24) is 4.98 Å². The first-order valence-corrected chi connectivity index (χ1v) is 9.81. The maximum atomic E-state index is 13.3. The molecule has 7 heteroatoms. The predicted molar refractivity (Wildman–Crippen MR) is 114 cm³/mol. The van der Waals surface area contributed by atoms with E-state index in [1.807, 2.05) is 35.2 Å². The summed E-state index contributed by atoms with van der Waals surface area (Å²) in [4.78, 5) is 17.6. The molecule has 1 heterocycles. The smallest absolute Gasteiger partial charge is 0.344 e. The number of ether oxygens (including phenoxy) is 1. The van der Waals surface area contributed by atoms with Crippen molar-refractivity contribution in [3.8, 4) is 5.75 Å². The lowest BCUT2D eigenvalue weighted by molar-refractivity contribution is -0.144. The summed E-state index contributed by atoms with van der Waals surface area (Å²) in [6.07, 6.45) is -0.956. The molecule has 0 spiro atoms. The van der Waals surface area contributed by atoms with Gasteiger partial charge in [-0.05, 0) is 54.4 Å². The Morgan fingerprint density at radius 1 is 1.06 bits per heavy atom. The van der Waals surface area contributed by atoms with Crippen molar-refractivity contribution in [2.45, 2.75) is 26.1 Å². The minimum absolute atomic E-state index is 0.297. The zero-order valence-electron chi connectivity index (χ0n) is 16.9. The van der Waals surface area contributed by atoms with Crippen LogP contribution in [0.25, 0.3) is 11.1 Å². The highest BCUT2D eigenvalue weighted by atomic mass is 19.1. The van der Waals surface area contributed by atoms with Gasteiger partial charge in [0.15, 0.2) is 11.7 Å². The monoisotopic (exact) mass is 420 g/mol. The number of fused-ring (bicyclic) bond motifs is 1. The first kappa shape index (κ1) is 20.4. The number of nitrogens with zero attached hydrogens (tertiary/aromatic N) is 2. The number of hydrogen-bond acceptors (Lipinski definition) is 5. The van der Waals surface area contributed by atoms with Crippen LogP contribution in [0.4, 0.5) is 10.4 Å². The summed E-state index contributed by atoms with van der Waals surface area (Å²) >= 11 is 0. The third-order valence-corrected chi connectivity index (χ3v) is 4.77. The molecule has 0 aliphatic rings. The molecule has 0 amide bonds. The number of benzene rings is 3. The van der Waals surface area contributed by atoms with Gasteiger partial charge in [0.1, 0.15) is 17.1 Å². The summed E-state index contributed by atoms with van der Waals surface area (Å²) in [7, 11) is 0. The van der Waals surface area contributed by atoms with E-state index >= 15 is 0 Å². The van der Waals surface area contributed by atoms with E-state index in [0.29, 0.717) is 30.4 Å². The Morgan fingerprint density at radius 3 is 2.55 bits per heavy atom. The van der Waals surface area contributed by atoms with Gasteiger partial charge in [-0.25, -0.2) is 9.18 Å². The number of hydrogen-bond donors (Lipinski definition) is 1. The number of para-hydroxylation sites is 2. The molecule has 0 saturated heterocycles. The molecule has 0 saturated carbocycles. The highest BCUT2D eigenvalue weighted by molar-refractivity contribution is 5.74. The fraction of sp³-hybridized carbons (Fsp3) is 0.167. The van der Waals surface area contributed by atoms with E-state index in [1.165, 1.54) is 19.1 Å². The highest BCUT2D eigenvalue weighted by Crippen LogP contribution is 2.26. The SMILES string of the molecule is CC(Oc1cccc(CN(Cc2ccc(F)cc2)c2nc3ccccc3o2)c1)C(=O)O. The van der Waals surface area contributed by atoms with Gasteiger partial charge >= 0.3 is 5.97 Å². The second-order valence-corrected chi connectivity index (χ2v) is 7.19. The maximum absolute atomic E-state index is 13.3. The Hall–Kier alpha value is -3.87. The van der Waals surface area contributed by atoms with Crippen LogP contribution in [0.5, 0.6) is 5.75 Å². The van der Waals surface area contributed by atoms with E-state index in [1.54, 1.807) is 30.3 Å². The van der Waals surface area contributed by atoms with E-state index < -0.39 is 12.1 Å². The number of aromatic nitrogens is 1. The second-order valence-electron chi connectivity index (χ2n) is 7.19. The Bertz CT molecular complexity index is 1160. The molecule has 0 bridgehead atoms. The molecule has 158 valence electrons. The van der Waals surface area contributed by atoms with Crippen LogP contribution in [0, 0.1) is 5.82 Å². The Labute approximate surface area is 178 Å². The lowest BCUT2D eigenvalue weighted by atomic mass is 10.1. The van der Waals surface area contributed by atoms with Crippen LogP contribution in [-0.4, -0.2) is 22.2 Å². The first-order valence-electron chi connectivity index (χ1n) is 9.81. The largest absolute Gasteiger partial charge is 0.479 e. The van der Waals surface area contributed by atoms with Crippen molar-refractivity contribution in [3.63, 3.8) is 0 Å². The van der Waals surface area contributed by atoms with Gasteiger partial charge in [-0.1, -0.05) is 36.4 Å². The van der Waals surface area contributed by atoms with Gasteiger partial charge in [0.25, 0.3) is 6.01 Å². The molecule has 0 radical (unpaired) electrons. The average Bonchev–Trinajstić information content (AvgIpc) is 3.19. The molecule has 6 nitrogen and oxygen atoms in total. The molecule has 3 aromatic carbocycles. The van der Waals surface area contributed by atoms with Gasteiger partial charge in [-0.15, -0.1) is 0 Å². The van der Waals surface area contributed by atoms with Crippen molar-refractivity contribution in [3.05, 3.63) is 89.7 Å². The van der Waals surface area contributed by atoms with E-state index in [-0.39, 0.29) is 5.82 Å². The zero-order chi connectivity index (χ0) is 21.8. The fourth-order valence-corrected chi connectivity index (χ4v) is 3.19. The van der Waals surface area contributed by atoms with E-state index in [9.17, 15) is 9.18 Å². The number of carboxylic acids is 1. The number of anilines is 1. The summed E-state index contributed by atoms with van der Waals surface area (Å²) in [5.41, 5.74) is 3.21. The Morgan fingerprint density at radius 2 is 1.81 bits per heavy atom. The lowest BCUT2D eigenvalue weighted by Crippen LogP contribution is -2.24. The number of carbonyl (C=O) groups is 1. The lowest BCUT2D eigenvalue weighted by Gasteiger charge is -2.21. The van der Waals surface area contributed by atoms with E-state index in [0.717, 1.165) is 16.6 Å².